The molecule has 1 aromatic carbocycles. The lowest BCUT2D eigenvalue weighted by Gasteiger charge is -2.07. The lowest BCUT2D eigenvalue weighted by Crippen LogP contribution is -2.00. The van der Waals surface area contributed by atoms with Gasteiger partial charge in [-0.3, -0.25) is 9.78 Å². The van der Waals surface area contributed by atoms with E-state index < -0.39 is 0 Å². The molecule has 0 saturated heterocycles. The Morgan fingerprint density at radius 1 is 1.35 bits per heavy atom. The number of ketones is 1. The van der Waals surface area contributed by atoms with Gasteiger partial charge < -0.3 is 4.74 Å². The molecule has 0 spiro atoms. The molecule has 0 aliphatic carbocycles. The van der Waals surface area contributed by atoms with E-state index >= 15 is 0 Å². The number of hydrogen-bond acceptors (Lipinski definition) is 3. The summed E-state index contributed by atoms with van der Waals surface area (Å²) in [6, 6.07) is 7.73. The van der Waals surface area contributed by atoms with Gasteiger partial charge in [0.2, 0.25) is 0 Å². The number of ether oxygens (including phenoxy) is 1. The molecule has 0 radical (unpaired) electrons. The van der Waals surface area contributed by atoms with E-state index in [0.717, 1.165) is 27.9 Å². The Bertz CT molecular complexity index is 576. The number of methoxy groups -OCH3 is 1. The van der Waals surface area contributed by atoms with E-state index in [1.54, 1.807) is 14.0 Å². The zero-order valence-electron chi connectivity index (χ0n) is 10.3. The number of carbonyl (C=O) groups excluding carboxylic acids is 1. The van der Waals surface area contributed by atoms with Gasteiger partial charge in [-0.2, -0.15) is 0 Å². The van der Waals surface area contributed by atoms with Crippen LogP contribution in [0.5, 0.6) is 5.75 Å². The highest BCUT2D eigenvalue weighted by atomic mass is 16.5. The fraction of sp³-hybridized carbons (Fsp3) is 0.286. The van der Waals surface area contributed by atoms with Crippen LogP contribution >= 0.6 is 0 Å². The second-order valence-corrected chi connectivity index (χ2v) is 4.19. The normalized spacial score (nSPS) is 10.5. The van der Waals surface area contributed by atoms with Crippen molar-refractivity contribution in [3.63, 3.8) is 0 Å². The van der Waals surface area contributed by atoms with Crippen molar-refractivity contribution in [1.29, 1.82) is 0 Å². The molecule has 2 rings (SSSR count). The van der Waals surface area contributed by atoms with E-state index in [0.29, 0.717) is 6.42 Å². The Balaban J connectivity index is 2.55. The third-order valence-corrected chi connectivity index (χ3v) is 2.71. The fourth-order valence-electron chi connectivity index (χ4n) is 1.92. The van der Waals surface area contributed by atoms with Crippen LogP contribution in [0.4, 0.5) is 0 Å². The minimum absolute atomic E-state index is 0.129. The highest BCUT2D eigenvalue weighted by molar-refractivity contribution is 5.85. The van der Waals surface area contributed by atoms with E-state index in [1.807, 2.05) is 31.2 Å². The Labute approximate surface area is 100 Å². The maximum absolute atomic E-state index is 11.1. The van der Waals surface area contributed by atoms with Gasteiger partial charge in [-0.1, -0.05) is 0 Å². The third-order valence-electron chi connectivity index (χ3n) is 2.71. The highest BCUT2D eigenvalue weighted by Crippen LogP contribution is 2.23. The van der Waals surface area contributed by atoms with Crippen molar-refractivity contribution in [3.05, 3.63) is 35.5 Å². The first-order valence-electron chi connectivity index (χ1n) is 5.54. The molecule has 0 saturated carbocycles. The number of hydrogen-bond donors (Lipinski definition) is 0. The zero-order valence-corrected chi connectivity index (χ0v) is 10.3. The summed E-state index contributed by atoms with van der Waals surface area (Å²) >= 11 is 0. The molecule has 88 valence electrons. The smallest absolute Gasteiger partial charge is 0.135 e. The fourth-order valence-corrected chi connectivity index (χ4v) is 1.92. The van der Waals surface area contributed by atoms with Crippen LogP contribution in [0.3, 0.4) is 0 Å². The summed E-state index contributed by atoms with van der Waals surface area (Å²) in [5.41, 5.74) is 2.85. The first kappa shape index (κ1) is 11.6. The van der Waals surface area contributed by atoms with E-state index in [2.05, 4.69) is 4.98 Å². The minimum atomic E-state index is 0.129. The molecule has 0 aliphatic rings. The number of aromatic nitrogens is 1. The molecule has 0 atom stereocenters. The average molecular weight is 229 g/mol. The molecule has 0 amide bonds. The number of rotatable bonds is 3. The summed E-state index contributed by atoms with van der Waals surface area (Å²) in [6.07, 6.45) is 0.392. The number of nitrogens with zero attached hydrogens (tertiary/aromatic N) is 1. The standard InChI is InChI=1S/C14H15NO2/c1-9-6-11(7-10(2)16)15-14-5-4-12(17-3)8-13(9)14/h4-6,8H,7H2,1-3H3. The van der Waals surface area contributed by atoms with Crippen LogP contribution in [-0.2, 0) is 11.2 Å². The van der Waals surface area contributed by atoms with Crippen molar-refractivity contribution in [2.45, 2.75) is 20.3 Å². The van der Waals surface area contributed by atoms with Crippen molar-refractivity contribution >= 4 is 16.7 Å². The molecule has 0 aliphatic heterocycles. The second-order valence-electron chi connectivity index (χ2n) is 4.19. The first-order chi connectivity index (χ1) is 8.10. The maximum atomic E-state index is 11.1. The van der Waals surface area contributed by atoms with Crippen molar-refractivity contribution in [3.8, 4) is 5.75 Å². The van der Waals surface area contributed by atoms with Crippen molar-refractivity contribution in [2.75, 3.05) is 7.11 Å². The number of fused-ring (bicyclic) bond motifs is 1. The molecule has 1 aromatic heterocycles. The lowest BCUT2D eigenvalue weighted by atomic mass is 10.1. The van der Waals surface area contributed by atoms with Gasteiger partial charge >= 0.3 is 0 Å². The van der Waals surface area contributed by atoms with Crippen molar-refractivity contribution < 1.29 is 9.53 Å². The number of Topliss-reactive ketones (excluding diaryl/α,β-unsaturated/α-hetero) is 1. The van der Waals surface area contributed by atoms with Gasteiger partial charge in [0, 0.05) is 17.5 Å². The van der Waals surface area contributed by atoms with Crippen LogP contribution in [0.15, 0.2) is 24.3 Å². The molecule has 1 heterocycles. The predicted octanol–water partition coefficient (Wildman–Crippen LogP) is 2.68. The monoisotopic (exact) mass is 229 g/mol. The number of pyridine rings is 1. The summed E-state index contributed by atoms with van der Waals surface area (Å²) in [6.45, 7) is 3.60. The molecular formula is C14H15NO2. The van der Waals surface area contributed by atoms with Crippen LogP contribution in [-0.4, -0.2) is 17.9 Å². The molecule has 3 nitrogen and oxygen atoms in total. The van der Waals surface area contributed by atoms with Crippen LogP contribution in [0, 0.1) is 6.92 Å². The van der Waals surface area contributed by atoms with Crippen LogP contribution < -0.4 is 4.74 Å². The van der Waals surface area contributed by atoms with Gasteiger partial charge in [0.05, 0.1) is 12.6 Å². The Kier molecular flexibility index (Phi) is 3.09. The van der Waals surface area contributed by atoms with E-state index in [1.165, 1.54) is 0 Å². The summed E-state index contributed by atoms with van der Waals surface area (Å²) in [7, 11) is 1.65. The van der Waals surface area contributed by atoms with Gasteiger partial charge in [-0.25, -0.2) is 0 Å². The molecule has 0 N–H and O–H groups in total. The van der Waals surface area contributed by atoms with Crippen LogP contribution in [0.1, 0.15) is 18.2 Å². The lowest BCUT2D eigenvalue weighted by molar-refractivity contribution is -0.116. The zero-order chi connectivity index (χ0) is 12.4. The SMILES string of the molecule is COc1ccc2nc(CC(C)=O)cc(C)c2c1. The second kappa shape index (κ2) is 4.53. The predicted molar refractivity (Wildman–Crippen MR) is 67.4 cm³/mol. The van der Waals surface area contributed by atoms with Gasteiger partial charge in [0.25, 0.3) is 0 Å². The Hall–Kier alpha value is -1.90. The molecule has 2 aromatic rings. The largest absolute Gasteiger partial charge is 0.497 e. The quantitative estimate of drug-likeness (QED) is 0.812. The summed E-state index contributed by atoms with van der Waals surface area (Å²) in [5, 5.41) is 1.07. The minimum Gasteiger partial charge on any atom is -0.497 e. The number of benzene rings is 1. The molecular weight excluding hydrogens is 214 g/mol. The van der Waals surface area contributed by atoms with Crippen LogP contribution in [0.2, 0.25) is 0 Å². The van der Waals surface area contributed by atoms with E-state index in [-0.39, 0.29) is 5.78 Å². The topological polar surface area (TPSA) is 39.2 Å². The Morgan fingerprint density at radius 3 is 2.76 bits per heavy atom. The average Bonchev–Trinajstić information content (AvgIpc) is 2.28. The summed E-state index contributed by atoms with van der Waals surface area (Å²) < 4.78 is 5.19. The van der Waals surface area contributed by atoms with Gasteiger partial charge in [0.1, 0.15) is 11.5 Å². The highest BCUT2D eigenvalue weighted by Gasteiger charge is 2.05. The van der Waals surface area contributed by atoms with Crippen LogP contribution in [0.25, 0.3) is 10.9 Å². The third kappa shape index (κ3) is 2.44. The number of aryl methyl sites for hydroxylation is 1. The maximum Gasteiger partial charge on any atom is 0.135 e. The van der Waals surface area contributed by atoms with Gasteiger partial charge in [-0.05, 0) is 43.7 Å². The summed E-state index contributed by atoms with van der Waals surface area (Å²) in [4.78, 5) is 15.6. The number of carbonyl (C=O) groups is 1. The molecule has 3 heteroatoms. The van der Waals surface area contributed by atoms with Gasteiger partial charge in [0.15, 0.2) is 0 Å². The molecule has 0 unspecified atom stereocenters. The molecule has 0 bridgehead atoms. The summed E-state index contributed by atoms with van der Waals surface area (Å²) in [5.74, 6) is 0.950. The van der Waals surface area contributed by atoms with E-state index in [9.17, 15) is 4.79 Å². The van der Waals surface area contributed by atoms with E-state index in [4.69, 9.17) is 4.74 Å². The van der Waals surface area contributed by atoms with Crippen molar-refractivity contribution in [2.24, 2.45) is 0 Å². The first-order valence-corrected chi connectivity index (χ1v) is 5.54. The molecule has 0 fully saturated rings. The van der Waals surface area contributed by atoms with Gasteiger partial charge in [-0.15, -0.1) is 0 Å². The van der Waals surface area contributed by atoms with Crippen molar-refractivity contribution in [1.82, 2.24) is 4.98 Å². The molecule has 17 heavy (non-hydrogen) atoms. The Morgan fingerprint density at radius 2 is 2.12 bits per heavy atom.